The monoisotopic (exact) mass is 313 g/mol. The van der Waals surface area contributed by atoms with E-state index in [2.05, 4.69) is 22.1 Å². The van der Waals surface area contributed by atoms with Crippen LogP contribution in [-0.4, -0.2) is 48.5 Å². The van der Waals surface area contributed by atoms with Crippen molar-refractivity contribution < 1.29 is 4.79 Å². The lowest BCUT2D eigenvalue weighted by Gasteiger charge is -2.34. The van der Waals surface area contributed by atoms with Crippen LogP contribution >= 0.6 is 0 Å². The highest BCUT2D eigenvalue weighted by atomic mass is 16.1. The number of unbranched alkanes of at least 4 members (excludes halogenated alkanes) is 1. The van der Waals surface area contributed by atoms with E-state index in [4.69, 9.17) is 0 Å². The summed E-state index contributed by atoms with van der Waals surface area (Å²) < 4.78 is 0. The number of carbonyl (C=O) groups excluding carboxylic acids is 1. The SMILES string of the molecule is CCCCNC(=O)/C(C#N)=C\N1CCN(c2ccccn2)CC1. The molecule has 23 heavy (non-hydrogen) atoms. The molecule has 0 atom stereocenters. The maximum absolute atomic E-state index is 12.0. The molecule has 0 aromatic carbocycles. The molecular formula is C17H23N5O. The van der Waals surface area contributed by atoms with Gasteiger partial charge in [0.25, 0.3) is 5.91 Å². The van der Waals surface area contributed by atoms with Crippen molar-refractivity contribution in [2.75, 3.05) is 37.6 Å². The summed E-state index contributed by atoms with van der Waals surface area (Å²) in [7, 11) is 0. The van der Waals surface area contributed by atoms with E-state index in [1.54, 1.807) is 12.4 Å². The Kier molecular flexibility index (Phi) is 6.42. The van der Waals surface area contributed by atoms with Crippen LogP contribution in [0.4, 0.5) is 5.82 Å². The number of aromatic nitrogens is 1. The number of nitrogens with one attached hydrogen (secondary N) is 1. The first kappa shape index (κ1) is 16.8. The Balaban J connectivity index is 1.88. The topological polar surface area (TPSA) is 72.3 Å². The Hall–Kier alpha value is -2.55. The quantitative estimate of drug-likeness (QED) is 0.490. The largest absolute Gasteiger partial charge is 0.373 e. The van der Waals surface area contributed by atoms with Crippen molar-refractivity contribution in [3.63, 3.8) is 0 Å². The fraction of sp³-hybridized carbons (Fsp3) is 0.471. The van der Waals surface area contributed by atoms with Gasteiger partial charge in [0, 0.05) is 45.1 Å². The molecule has 0 saturated carbocycles. The first-order chi connectivity index (χ1) is 11.2. The number of carbonyl (C=O) groups is 1. The molecule has 1 aromatic rings. The zero-order chi connectivity index (χ0) is 16.5. The molecule has 0 radical (unpaired) electrons. The highest BCUT2D eigenvalue weighted by Crippen LogP contribution is 2.13. The molecule has 6 heteroatoms. The molecule has 1 amide bonds. The molecule has 1 aliphatic heterocycles. The van der Waals surface area contributed by atoms with E-state index in [1.807, 2.05) is 29.2 Å². The molecule has 1 N–H and O–H groups in total. The number of hydrogen-bond donors (Lipinski definition) is 1. The van der Waals surface area contributed by atoms with Crippen molar-refractivity contribution in [3.05, 3.63) is 36.2 Å². The summed E-state index contributed by atoms with van der Waals surface area (Å²) in [5.41, 5.74) is 0.174. The van der Waals surface area contributed by atoms with Crippen LogP contribution in [0.25, 0.3) is 0 Å². The average molecular weight is 313 g/mol. The number of amides is 1. The number of pyridine rings is 1. The predicted octanol–water partition coefficient (Wildman–Crippen LogP) is 1.53. The molecule has 1 saturated heterocycles. The van der Waals surface area contributed by atoms with Crippen LogP contribution in [-0.2, 0) is 4.79 Å². The zero-order valence-electron chi connectivity index (χ0n) is 13.5. The maximum atomic E-state index is 12.0. The summed E-state index contributed by atoms with van der Waals surface area (Å²) in [4.78, 5) is 20.5. The van der Waals surface area contributed by atoms with Crippen molar-refractivity contribution in [3.8, 4) is 6.07 Å². The molecule has 122 valence electrons. The van der Waals surface area contributed by atoms with Gasteiger partial charge in [0.15, 0.2) is 0 Å². The van der Waals surface area contributed by atoms with E-state index in [0.717, 1.165) is 44.8 Å². The molecule has 0 unspecified atom stereocenters. The van der Waals surface area contributed by atoms with Crippen molar-refractivity contribution in [1.82, 2.24) is 15.2 Å². The maximum Gasteiger partial charge on any atom is 0.263 e. The summed E-state index contributed by atoms with van der Waals surface area (Å²) in [5.74, 6) is 0.682. The van der Waals surface area contributed by atoms with E-state index in [9.17, 15) is 10.1 Å². The molecule has 1 fully saturated rings. The van der Waals surface area contributed by atoms with Crippen LogP contribution in [0.15, 0.2) is 36.2 Å². The Labute approximate surface area is 137 Å². The first-order valence-corrected chi connectivity index (χ1v) is 8.04. The molecule has 2 rings (SSSR count). The normalized spacial score (nSPS) is 15.2. The molecule has 1 aromatic heterocycles. The first-order valence-electron chi connectivity index (χ1n) is 8.04. The summed E-state index contributed by atoms with van der Waals surface area (Å²) >= 11 is 0. The molecular weight excluding hydrogens is 290 g/mol. The van der Waals surface area contributed by atoms with Crippen molar-refractivity contribution in [2.45, 2.75) is 19.8 Å². The predicted molar refractivity (Wildman–Crippen MR) is 89.6 cm³/mol. The Bertz CT molecular complexity index is 570. The second-order valence-corrected chi connectivity index (χ2v) is 5.47. The number of anilines is 1. The summed E-state index contributed by atoms with van der Waals surface area (Å²) in [6.45, 7) is 5.86. The van der Waals surface area contributed by atoms with Gasteiger partial charge in [-0.25, -0.2) is 4.98 Å². The Morgan fingerprint density at radius 3 is 2.78 bits per heavy atom. The highest BCUT2D eigenvalue weighted by Gasteiger charge is 2.17. The third-order valence-corrected chi connectivity index (χ3v) is 3.78. The molecule has 0 spiro atoms. The van der Waals surface area contributed by atoms with Gasteiger partial charge in [0.05, 0.1) is 0 Å². The van der Waals surface area contributed by atoms with Gasteiger partial charge in [-0.3, -0.25) is 4.79 Å². The van der Waals surface area contributed by atoms with Crippen LogP contribution in [0.2, 0.25) is 0 Å². The molecule has 0 bridgehead atoms. The van der Waals surface area contributed by atoms with Gasteiger partial charge in [-0.05, 0) is 18.6 Å². The average Bonchev–Trinajstić information content (AvgIpc) is 2.61. The summed E-state index contributed by atoms with van der Waals surface area (Å²) in [6.07, 6.45) is 5.40. The van der Waals surface area contributed by atoms with Gasteiger partial charge >= 0.3 is 0 Å². The number of rotatable bonds is 6. The van der Waals surface area contributed by atoms with Crippen LogP contribution in [0.5, 0.6) is 0 Å². The minimum atomic E-state index is -0.284. The lowest BCUT2D eigenvalue weighted by atomic mass is 10.2. The Morgan fingerprint density at radius 2 is 2.17 bits per heavy atom. The third kappa shape index (κ3) is 4.99. The Morgan fingerprint density at radius 1 is 1.39 bits per heavy atom. The summed E-state index contributed by atoms with van der Waals surface area (Å²) in [5, 5.41) is 12.0. The lowest BCUT2D eigenvalue weighted by Crippen LogP contribution is -2.44. The van der Waals surface area contributed by atoms with Gasteiger partial charge in [-0.15, -0.1) is 0 Å². The molecule has 0 aliphatic carbocycles. The van der Waals surface area contributed by atoms with E-state index in [-0.39, 0.29) is 11.5 Å². The fourth-order valence-corrected chi connectivity index (χ4v) is 2.42. The second kappa shape index (κ2) is 8.79. The highest BCUT2D eigenvalue weighted by molar-refractivity contribution is 5.97. The van der Waals surface area contributed by atoms with Crippen LogP contribution in [0.1, 0.15) is 19.8 Å². The van der Waals surface area contributed by atoms with Crippen LogP contribution in [0.3, 0.4) is 0 Å². The van der Waals surface area contributed by atoms with Gasteiger partial charge in [-0.1, -0.05) is 19.4 Å². The van der Waals surface area contributed by atoms with E-state index in [1.165, 1.54) is 0 Å². The molecule has 6 nitrogen and oxygen atoms in total. The zero-order valence-corrected chi connectivity index (χ0v) is 13.5. The molecule has 1 aliphatic rings. The minimum absolute atomic E-state index is 0.174. The lowest BCUT2D eigenvalue weighted by molar-refractivity contribution is -0.117. The standard InChI is InChI=1S/C17H23N5O/c1-2-3-7-20-17(23)15(13-18)14-21-9-11-22(12-10-21)16-6-4-5-8-19-16/h4-6,8,14H,2-3,7,9-12H2,1H3,(H,20,23)/b15-14-. The van der Waals surface area contributed by atoms with Crippen molar-refractivity contribution in [2.24, 2.45) is 0 Å². The fourth-order valence-electron chi connectivity index (χ4n) is 2.42. The smallest absolute Gasteiger partial charge is 0.263 e. The number of piperazine rings is 1. The second-order valence-electron chi connectivity index (χ2n) is 5.47. The van der Waals surface area contributed by atoms with Crippen LogP contribution in [0, 0.1) is 11.3 Å². The number of hydrogen-bond acceptors (Lipinski definition) is 5. The van der Waals surface area contributed by atoms with Gasteiger partial charge in [0.1, 0.15) is 17.5 Å². The van der Waals surface area contributed by atoms with Gasteiger partial charge in [-0.2, -0.15) is 5.26 Å². The third-order valence-electron chi connectivity index (χ3n) is 3.78. The van der Waals surface area contributed by atoms with E-state index < -0.39 is 0 Å². The van der Waals surface area contributed by atoms with E-state index >= 15 is 0 Å². The van der Waals surface area contributed by atoms with Gasteiger partial charge < -0.3 is 15.1 Å². The van der Waals surface area contributed by atoms with E-state index in [0.29, 0.717) is 6.54 Å². The van der Waals surface area contributed by atoms with Crippen molar-refractivity contribution in [1.29, 1.82) is 5.26 Å². The van der Waals surface area contributed by atoms with Crippen molar-refractivity contribution >= 4 is 11.7 Å². The number of nitriles is 1. The van der Waals surface area contributed by atoms with Crippen LogP contribution < -0.4 is 10.2 Å². The minimum Gasteiger partial charge on any atom is -0.373 e. The number of nitrogens with zero attached hydrogens (tertiary/aromatic N) is 4. The molecule has 2 heterocycles. The summed E-state index contributed by atoms with van der Waals surface area (Å²) in [6, 6.07) is 7.87. The van der Waals surface area contributed by atoms with Gasteiger partial charge in [0.2, 0.25) is 0 Å².